The molecule has 0 aromatic carbocycles. The van der Waals surface area contributed by atoms with Gasteiger partial charge in [0, 0.05) is 5.92 Å². The largest absolute Gasteiger partial charge is 0.392 e. The van der Waals surface area contributed by atoms with Crippen LogP contribution in [-0.4, -0.2) is 17.5 Å². The van der Waals surface area contributed by atoms with Crippen LogP contribution in [0, 0.1) is 11.3 Å². The van der Waals surface area contributed by atoms with E-state index in [9.17, 15) is 0 Å². The molecule has 3 heteroatoms. The Balaban J connectivity index is 3.80. The summed E-state index contributed by atoms with van der Waals surface area (Å²) in [5.41, 5.74) is 6.06. The van der Waals surface area contributed by atoms with Gasteiger partial charge in [0.25, 0.3) is 0 Å². The maximum atomic E-state index is 8.65. The van der Waals surface area contributed by atoms with Crippen molar-refractivity contribution in [3.8, 4) is 0 Å². The minimum absolute atomic E-state index is 0.00175. The number of hydrogen-bond donors (Lipinski definition) is 3. The quantitative estimate of drug-likeness (QED) is 0.315. The number of amidine groups is 1. The Morgan fingerprint density at radius 3 is 2.58 bits per heavy atom. The van der Waals surface area contributed by atoms with Crippen LogP contribution in [0.1, 0.15) is 12.8 Å². The molecule has 0 saturated carbocycles. The maximum absolute atomic E-state index is 8.65. The van der Waals surface area contributed by atoms with E-state index in [1.807, 2.05) is 0 Å². The lowest BCUT2D eigenvalue weighted by Crippen LogP contribution is -2.20. The van der Waals surface area contributed by atoms with Gasteiger partial charge < -0.3 is 10.8 Å². The number of hydrogen-bond acceptors (Lipinski definition) is 2. The topological polar surface area (TPSA) is 70.1 Å². The predicted octanol–water partition coefficient (Wildman–Crippen LogP) is 1.05. The van der Waals surface area contributed by atoms with Crippen molar-refractivity contribution >= 4 is 5.84 Å². The average Bonchev–Trinajstić information content (AvgIpc) is 2.04. The van der Waals surface area contributed by atoms with Crippen molar-refractivity contribution < 1.29 is 5.11 Å². The lowest BCUT2D eigenvalue weighted by atomic mass is 10.00. The molecule has 4 N–H and O–H groups in total. The van der Waals surface area contributed by atoms with Gasteiger partial charge in [-0.2, -0.15) is 0 Å². The third-order valence-electron chi connectivity index (χ3n) is 1.72. The van der Waals surface area contributed by atoms with E-state index in [-0.39, 0.29) is 18.4 Å². The van der Waals surface area contributed by atoms with Gasteiger partial charge in [0.15, 0.2) is 0 Å². The molecule has 0 aliphatic carbocycles. The lowest BCUT2D eigenvalue weighted by molar-refractivity contribution is 0.326. The molecule has 0 fully saturated rings. The molecule has 0 bridgehead atoms. The molecule has 0 aliphatic rings. The molecule has 68 valence electrons. The van der Waals surface area contributed by atoms with E-state index in [4.69, 9.17) is 16.2 Å². The van der Waals surface area contributed by atoms with Gasteiger partial charge in [-0.15, -0.1) is 6.58 Å². The van der Waals surface area contributed by atoms with Gasteiger partial charge in [0.1, 0.15) is 0 Å². The highest BCUT2D eigenvalue weighted by atomic mass is 16.3. The Bertz CT molecular complexity index is 187. The summed E-state index contributed by atoms with van der Waals surface area (Å²) in [4.78, 5) is 0. The molecular formula is C9H16N2O. The summed E-state index contributed by atoms with van der Waals surface area (Å²) in [6.45, 7) is 7.22. The van der Waals surface area contributed by atoms with Gasteiger partial charge in [0.05, 0.1) is 12.4 Å². The first-order chi connectivity index (χ1) is 5.61. The number of aliphatic hydroxyl groups excluding tert-OH is 1. The average molecular weight is 168 g/mol. The molecule has 3 nitrogen and oxygen atoms in total. The second kappa shape index (κ2) is 5.55. The molecule has 0 radical (unpaired) electrons. The van der Waals surface area contributed by atoms with Gasteiger partial charge >= 0.3 is 0 Å². The fraction of sp³-hybridized carbons (Fsp3) is 0.444. The molecule has 0 aliphatic heterocycles. The highest BCUT2D eigenvalue weighted by Crippen LogP contribution is 2.11. The molecule has 0 rings (SSSR count). The van der Waals surface area contributed by atoms with Gasteiger partial charge in [0.2, 0.25) is 0 Å². The molecule has 1 unspecified atom stereocenters. The molecule has 0 amide bonds. The zero-order valence-electron chi connectivity index (χ0n) is 7.21. The Labute approximate surface area is 73.1 Å². The van der Waals surface area contributed by atoms with Crippen LogP contribution in [0.2, 0.25) is 0 Å². The number of aliphatic hydroxyl groups is 1. The van der Waals surface area contributed by atoms with Gasteiger partial charge in [-0.1, -0.05) is 18.2 Å². The number of rotatable bonds is 6. The molecule has 0 heterocycles. The standard InChI is InChI=1S/C9H16N2O/c1-3-8(9(10)11)5-4-7(2)6-12/h3,8,12H,1-2,4-6H2,(H3,10,11). The Morgan fingerprint density at radius 1 is 1.67 bits per heavy atom. The molecule has 0 aromatic rings. The van der Waals surface area contributed by atoms with E-state index < -0.39 is 0 Å². The Kier molecular flexibility index (Phi) is 5.04. The molecule has 0 spiro atoms. The van der Waals surface area contributed by atoms with Crippen molar-refractivity contribution in [3.05, 3.63) is 24.8 Å². The molecular weight excluding hydrogens is 152 g/mol. The van der Waals surface area contributed by atoms with Crippen LogP contribution >= 0.6 is 0 Å². The van der Waals surface area contributed by atoms with E-state index in [2.05, 4.69) is 13.2 Å². The highest BCUT2D eigenvalue weighted by Gasteiger charge is 2.07. The van der Waals surface area contributed by atoms with Crippen LogP contribution in [0.15, 0.2) is 24.8 Å². The Hall–Kier alpha value is -1.09. The van der Waals surface area contributed by atoms with Gasteiger partial charge in [-0.05, 0) is 12.8 Å². The monoisotopic (exact) mass is 168 g/mol. The molecule has 0 saturated heterocycles. The third kappa shape index (κ3) is 3.93. The van der Waals surface area contributed by atoms with Gasteiger partial charge in [-0.3, -0.25) is 5.41 Å². The van der Waals surface area contributed by atoms with E-state index in [1.54, 1.807) is 6.08 Å². The van der Waals surface area contributed by atoms with Crippen molar-refractivity contribution in [3.63, 3.8) is 0 Å². The van der Waals surface area contributed by atoms with Crippen molar-refractivity contribution in [2.24, 2.45) is 11.7 Å². The highest BCUT2D eigenvalue weighted by molar-refractivity contribution is 5.81. The first kappa shape index (κ1) is 10.9. The Morgan fingerprint density at radius 2 is 2.25 bits per heavy atom. The van der Waals surface area contributed by atoms with Crippen molar-refractivity contribution in [1.82, 2.24) is 0 Å². The summed E-state index contributed by atoms with van der Waals surface area (Å²) in [6.07, 6.45) is 3.04. The summed E-state index contributed by atoms with van der Waals surface area (Å²) < 4.78 is 0. The molecule has 0 aromatic heterocycles. The fourth-order valence-corrected chi connectivity index (χ4v) is 0.839. The van der Waals surface area contributed by atoms with E-state index in [0.29, 0.717) is 12.8 Å². The summed E-state index contributed by atoms with van der Waals surface area (Å²) in [7, 11) is 0. The zero-order chi connectivity index (χ0) is 9.56. The first-order valence-electron chi connectivity index (χ1n) is 3.85. The van der Waals surface area contributed by atoms with Crippen molar-refractivity contribution in [1.29, 1.82) is 5.41 Å². The number of nitrogens with one attached hydrogen (secondary N) is 1. The number of nitrogens with two attached hydrogens (primary N) is 1. The first-order valence-corrected chi connectivity index (χ1v) is 3.85. The van der Waals surface area contributed by atoms with E-state index in [0.717, 1.165) is 5.57 Å². The summed E-state index contributed by atoms with van der Waals surface area (Å²) >= 11 is 0. The second-order valence-corrected chi connectivity index (χ2v) is 2.74. The summed E-state index contributed by atoms with van der Waals surface area (Å²) in [5, 5.41) is 15.8. The third-order valence-corrected chi connectivity index (χ3v) is 1.72. The predicted molar refractivity (Wildman–Crippen MR) is 51.1 cm³/mol. The van der Waals surface area contributed by atoms with E-state index in [1.165, 1.54) is 0 Å². The SMILES string of the molecule is C=CC(CCC(=C)CO)C(=N)N. The molecule has 12 heavy (non-hydrogen) atoms. The smallest absolute Gasteiger partial charge is 0.0975 e. The summed E-state index contributed by atoms with van der Waals surface area (Å²) in [5.74, 6) is 0.0315. The zero-order valence-corrected chi connectivity index (χ0v) is 7.21. The van der Waals surface area contributed by atoms with Crippen LogP contribution < -0.4 is 5.73 Å². The minimum atomic E-state index is -0.0895. The normalized spacial score (nSPS) is 12.1. The molecule has 1 atom stereocenters. The van der Waals surface area contributed by atoms with Crippen LogP contribution in [0.3, 0.4) is 0 Å². The minimum Gasteiger partial charge on any atom is -0.392 e. The van der Waals surface area contributed by atoms with Gasteiger partial charge in [-0.25, -0.2) is 0 Å². The van der Waals surface area contributed by atoms with Crippen molar-refractivity contribution in [2.45, 2.75) is 12.8 Å². The van der Waals surface area contributed by atoms with Crippen LogP contribution in [0.25, 0.3) is 0 Å². The maximum Gasteiger partial charge on any atom is 0.0975 e. The van der Waals surface area contributed by atoms with Crippen molar-refractivity contribution in [2.75, 3.05) is 6.61 Å². The fourth-order valence-electron chi connectivity index (χ4n) is 0.839. The lowest BCUT2D eigenvalue weighted by Gasteiger charge is -2.10. The van der Waals surface area contributed by atoms with E-state index >= 15 is 0 Å². The van der Waals surface area contributed by atoms with Crippen LogP contribution in [0.4, 0.5) is 0 Å². The van der Waals surface area contributed by atoms with Crippen LogP contribution in [-0.2, 0) is 0 Å². The summed E-state index contributed by atoms with van der Waals surface area (Å²) in [6, 6.07) is 0. The van der Waals surface area contributed by atoms with Crippen LogP contribution in [0.5, 0.6) is 0 Å². The second-order valence-electron chi connectivity index (χ2n) is 2.74.